The molecule has 1 aromatic carbocycles. The van der Waals surface area contributed by atoms with Crippen molar-refractivity contribution in [3.8, 4) is 0 Å². The van der Waals surface area contributed by atoms with Gasteiger partial charge in [0.05, 0.1) is 6.10 Å². The molecule has 1 aliphatic heterocycles. The predicted octanol–water partition coefficient (Wildman–Crippen LogP) is 4.54. The highest BCUT2D eigenvalue weighted by atomic mass is 16.3. The van der Waals surface area contributed by atoms with Gasteiger partial charge in [-0.3, -0.25) is 0 Å². The summed E-state index contributed by atoms with van der Waals surface area (Å²) in [5.41, 5.74) is 2.88. The topological polar surface area (TPSA) is 23.5 Å². The molecule has 0 radical (unpaired) electrons. The molecule has 112 valence electrons. The molecule has 0 saturated carbocycles. The van der Waals surface area contributed by atoms with Crippen LogP contribution in [0.5, 0.6) is 0 Å². The number of para-hydroxylation sites is 1. The lowest BCUT2D eigenvalue weighted by Crippen LogP contribution is -2.40. The van der Waals surface area contributed by atoms with Crippen LogP contribution < -0.4 is 4.90 Å². The van der Waals surface area contributed by atoms with E-state index in [1.807, 2.05) is 13.0 Å². The Bertz CT molecular complexity index is 415. The summed E-state index contributed by atoms with van der Waals surface area (Å²) in [7, 11) is 0. The van der Waals surface area contributed by atoms with Crippen LogP contribution in [0.15, 0.2) is 24.3 Å². The minimum absolute atomic E-state index is 0.338. The molecule has 0 aliphatic carbocycles. The Morgan fingerprint density at radius 2 is 1.70 bits per heavy atom. The highest BCUT2D eigenvalue weighted by Crippen LogP contribution is 2.40. The molecule has 0 spiro atoms. The number of aliphatic hydroxyl groups excluding tert-OH is 1. The zero-order valence-corrected chi connectivity index (χ0v) is 13.2. The summed E-state index contributed by atoms with van der Waals surface area (Å²) in [6, 6.07) is 8.36. The number of anilines is 1. The Kier molecular flexibility index (Phi) is 5.09. The normalized spacial score (nSPS) is 19.9. The van der Waals surface area contributed by atoms with Crippen molar-refractivity contribution >= 4 is 5.69 Å². The van der Waals surface area contributed by atoms with Crippen LogP contribution in [0.1, 0.15) is 64.5 Å². The number of benzene rings is 1. The van der Waals surface area contributed by atoms with Gasteiger partial charge in [-0.05, 0) is 30.7 Å². The van der Waals surface area contributed by atoms with Gasteiger partial charge in [0.1, 0.15) is 0 Å². The summed E-state index contributed by atoms with van der Waals surface area (Å²) in [4.78, 5) is 2.47. The van der Waals surface area contributed by atoms with E-state index in [1.165, 1.54) is 31.4 Å². The molecule has 1 atom stereocenters. The number of piperidine rings is 1. The number of rotatable bonds is 5. The highest BCUT2D eigenvalue weighted by molar-refractivity contribution is 5.55. The molecule has 1 saturated heterocycles. The summed E-state index contributed by atoms with van der Waals surface area (Å²) in [6.07, 6.45) is 5.56. The Labute approximate surface area is 123 Å². The molecule has 20 heavy (non-hydrogen) atoms. The second kappa shape index (κ2) is 6.62. The molecule has 0 amide bonds. The maximum Gasteiger partial charge on any atom is 0.0807 e. The van der Waals surface area contributed by atoms with Gasteiger partial charge in [0, 0.05) is 24.3 Å². The van der Waals surface area contributed by atoms with E-state index in [1.54, 1.807) is 0 Å². The second-order valence-electron chi connectivity index (χ2n) is 6.18. The molecular weight excluding hydrogens is 246 g/mol. The fraction of sp³-hybridized carbons (Fsp3) is 0.667. The second-order valence-corrected chi connectivity index (χ2v) is 6.18. The minimum Gasteiger partial charge on any atom is -0.388 e. The van der Waals surface area contributed by atoms with Gasteiger partial charge < -0.3 is 10.0 Å². The Morgan fingerprint density at radius 1 is 1.10 bits per heavy atom. The average molecular weight is 275 g/mol. The minimum atomic E-state index is -0.338. The van der Waals surface area contributed by atoms with Crippen molar-refractivity contribution in [2.75, 3.05) is 18.0 Å². The smallest absolute Gasteiger partial charge is 0.0807 e. The maximum atomic E-state index is 10.2. The van der Waals surface area contributed by atoms with Crippen LogP contribution in [-0.2, 0) is 0 Å². The van der Waals surface area contributed by atoms with Gasteiger partial charge in [0.25, 0.3) is 0 Å². The standard InChI is InChI=1S/C18H29NO/c1-4-17(20)15-9-7-8-10-16(15)19-13-11-18(5-2,6-3)12-14-19/h7-10,17,20H,4-6,11-14H2,1-3H3/t17-/m0/s1. The van der Waals surface area contributed by atoms with Gasteiger partial charge in [0.15, 0.2) is 0 Å². The average Bonchev–Trinajstić information content (AvgIpc) is 2.54. The number of nitrogens with zero attached hydrogens (tertiary/aromatic N) is 1. The predicted molar refractivity (Wildman–Crippen MR) is 86.2 cm³/mol. The summed E-state index contributed by atoms with van der Waals surface area (Å²) in [5.74, 6) is 0. The number of hydrogen-bond acceptors (Lipinski definition) is 2. The van der Waals surface area contributed by atoms with Crippen LogP contribution in [0.25, 0.3) is 0 Å². The van der Waals surface area contributed by atoms with E-state index < -0.39 is 0 Å². The van der Waals surface area contributed by atoms with Crippen molar-refractivity contribution in [1.82, 2.24) is 0 Å². The molecular formula is C18H29NO. The monoisotopic (exact) mass is 275 g/mol. The summed E-state index contributed by atoms with van der Waals surface area (Å²) < 4.78 is 0. The first-order valence-corrected chi connectivity index (χ1v) is 8.17. The zero-order valence-electron chi connectivity index (χ0n) is 13.2. The van der Waals surface area contributed by atoms with E-state index >= 15 is 0 Å². The van der Waals surface area contributed by atoms with Crippen LogP contribution >= 0.6 is 0 Å². The van der Waals surface area contributed by atoms with Crippen molar-refractivity contribution in [2.45, 2.75) is 59.0 Å². The van der Waals surface area contributed by atoms with Gasteiger partial charge in [-0.15, -0.1) is 0 Å². The van der Waals surface area contributed by atoms with Gasteiger partial charge in [0.2, 0.25) is 0 Å². The number of hydrogen-bond donors (Lipinski definition) is 1. The Hall–Kier alpha value is -1.02. The van der Waals surface area contributed by atoms with Crippen molar-refractivity contribution in [2.24, 2.45) is 5.41 Å². The third-order valence-corrected chi connectivity index (χ3v) is 5.35. The van der Waals surface area contributed by atoms with E-state index in [0.717, 1.165) is 25.1 Å². The molecule has 2 heteroatoms. The first-order valence-electron chi connectivity index (χ1n) is 8.17. The largest absolute Gasteiger partial charge is 0.388 e. The lowest BCUT2D eigenvalue weighted by Gasteiger charge is -2.42. The molecule has 2 rings (SSSR count). The zero-order chi connectivity index (χ0) is 14.6. The fourth-order valence-corrected chi connectivity index (χ4v) is 3.46. The lowest BCUT2D eigenvalue weighted by atomic mass is 9.74. The molecule has 0 aromatic heterocycles. The quantitative estimate of drug-likeness (QED) is 0.853. The molecule has 0 unspecified atom stereocenters. The molecule has 1 N–H and O–H groups in total. The third-order valence-electron chi connectivity index (χ3n) is 5.35. The maximum absolute atomic E-state index is 10.2. The van der Waals surface area contributed by atoms with Crippen LogP contribution in [-0.4, -0.2) is 18.2 Å². The van der Waals surface area contributed by atoms with Crippen molar-refractivity contribution in [3.05, 3.63) is 29.8 Å². The molecule has 0 bridgehead atoms. The van der Waals surface area contributed by atoms with Crippen LogP contribution in [0.2, 0.25) is 0 Å². The van der Waals surface area contributed by atoms with Crippen molar-refractivity contribution in [3.63, 3.8) is 0 Å². The van der Waals surface area contributed by atoms with Gasteiger partial charge in [-0.2, -0.15) is 0 Å². The van der Waals surface area contributed by atoms with Crippen LogP contribution in [0.3, 0.4) is 0 Å². The molecule has 1 aliphatic rings. The Balaban J connectivity index is 2.15. The summed E-state index contributed by atoms with van der Waals surface area (Å²) >= 11 is 0. The van der Waals surface area contributed by atoms with E-state index in [4.69, 9.17) is 0 Å². The van der Waals surface area contributed by atoms with E-state index in [-0.39, 0.29) is 6.10 Å². The highest BCUT2D eigenvalue weighted by Gasteiger charge is 2.32. The Morgan fingerprint density at radius 3 is 2.25 bits per heavy atom. The van der Waals surface area contributed by atoms with Crippen LogP contribution in [0.4, 0.5) is 5.69 Å². The fourth-order valence-electron chi connectivity index (χ4n) is 3.46. The van der Waals surface area contributed by atoms with Crippen molar-refractivity contribution in [1.29, 1.82) is 0 Å². The van der Waals surface area contributed by atoms with Crippen molar-refractivity contribution < 1.29 is 5.11 Å². The molecule has 1 aromatic rings. The number of aliphatic hydroxyl groups is 1. The summed E-state index contributed by atoms with van der Waals surface area (Å²) in [5, 5.41) is 10.2. The van der Waals surface area contributed by atoms with Gasteiger partial charge in [-0.25, -0.2) is 0 Å². The molecule has 2 nitrogen and oxygen atoms in total. The summed E-state index contributed by atoms with van der Waals surface area (Å²) in [6.45, 7) is 8.93. The SMILES string of the molecule is CC[C@H](O)c1ccccc1N1CCC(CC)(CC)CC1. The van der Waals surface area contributed by atoms with E-state index in [2.05, 4.69) is 36.9 Å². The first kappa shape index (κ1) is 15.4. The van der Waals surface area contributed by atoms with E-state index in [9.17, 15) is 5.11 Å². The lowest BCUT2D eigenvalue weighted by molar-refractivity contribution is 0.172. The molecule has 1 heterocycles. The van der Waals surface area contributed by atoms with E-state index in [0.29, 0.717) is 5.41 Å². The van der Waals surface area contributed by atoms with Gasteiger partial charge >= 0.3 is 0 Å². The van der Waals surface area contributed by atoms with Crippen LogP contribution in [0, 0.1) is 5.41 Å². The molecule has 1 fully saturated rings. The first-order chi connectivity index (χ1) is 9.65. The third kappa shape index (κ3) is 3.01. The van der Waals surface area contributed by atoms with Gasteiger partial charge in [-0.1, -0.05) is 51.8 Å².